The second kappa shape index (κ2) is 5.56. The van der Waals surface area contributed by atoms with E-state index in [9.17, 15) is 8.42 Å². The molecule has 0 saturated heterocycles. The number of ether oxygens (including phenoxy) is 1. The fourth-order valence-electron chi connectivity index (χ4n) is 1.17. The summed E-state index contributed by atoms with van der Waals surface area (Å²) in [5.74, 6) is 0.469. The summed E-state index contributed by atoms with van der Waals surface area (Å²) in [5.41, 5.74) is 5.14. The highest BCUT2D eigenvalue weighted by Gasteiger charge is 2.19. The van der Waals surface area contributed by atoms with Gasteiger partial charge in [0.2, 0.25) is 10.0 Å². The standard InChI is InChI=1S/C11H17BrN2O3S/c1-11(2,13)7-14-18(15,16)10-5-8(12)4-9(6-10)17-3/h4-6,14H,7,13H2,1-3H3. The molecule has 0 unspecified atom stereocenters. The molecular formula is C11H17BrN2O3S. The summed E-state index contributed by atoms with van der Waals surface area (Å²) in [6, 6.07) is 4.65. The fraction of sp³-hybridized carbons (Fsp3) is 0.455. The average molecular weight is 337 g/mol. The Morgan fingerprint density at radius 1 is 1.39 bits per heavy atom. The Kier molecular flexibility index (Phi) is 4.77. The van der Waals surface area contributed by atoms with Crippen molar-refractivity contribution in [2.45, 2.75) is 24.3 Å². The molecule has 0 aliphatic heterocycles. The largest absolute Gasteiger partial charge is 0.497 e. The monoisotopic (exact) mass is 336 g/mol. The van der Waals surface area contributed by atoms with Crippen molar-refractivity contribution in [1.29, 1.82) is 0 Å². The molecule has 0 aliphatic carbocycles. The molecule has 0 heterocycles. The first-order valence-corrected chi connectivity index (χ1v) is 7.55. The lowest BCUT2D eigenvalue weighted by molar-refractivity contribution is 0.413. The number of hydrogen-bond donors (Lipinski definition) is 2. The minimum absolute atomic E-state index is 0.137. The van der Waals surface area contributed by atoms with Crippen LogP contribution in [0.25, 0.3) is 0 Å². The van der Waals surface area contributed by atoms with Crippen LogP contribution in [-0.4, -0.2) is 27.6 Å². The van der Waals surface area contributed by atoms with Crippen molar-refractivity contribution < 1.29 is 13.2 Å². The smallest absolute Gasteiger partial charge is 0.240 e. The topological polar surface area (TPSA) is 81.4 Å². The van der Waals surface area contributed by atoms with E-state index in [0.29, 0.717) is 10.2 Å². The molecule has 7 heteroatoms. The first kappa shape index (κ1) is 15.4. The summed E-state index contributed by atoms with van der Waals surface area (Å²) < 4.78 is 32.2. The highest BCUT2D eigenvalue weighted by atomic mass is 79.9. The molecule has 5 nitrogen and oxygen atoms in total. The molecule has 0 aliphatic rings. The first-order chi connectivity index (χ1) is 8.14. The Balaban J connectivity index is 3.01. The van der Waals surface area contributed by atoms with Crippen LogP contribution in [0.4, 0.5) is 0 Å². The van der Waals surface area contributed by atoms with Gasteiger partial charge in [0.15, 0.2) is 0 Å². The quantitative estimate of drug-likeness (QED) is 0.853. The Hall–Kier alpha value is -0.630. The molecule has 18 heavy (non-hydrogen) atoms. The molecule has 1 aromatic carbocycles. The number of hydrogen-bond acceptors (Lipinski definition) is 4. The van der Waals surface area contributed by atoms with E-state index in [0.717, 1.165) is 0 Å². The summed E-state index contributed by atoms with van der Waals surface area (Å²) in [6.45, 7) is 3.65. The minimum Gasteiger partial charge on any atom is -0.497 e. The summed E-state index contributed by atoms with van der Waals surface area (Å²) in [7, 11) is -2.11. The third-order valence-electron chi connectivity index (χ3n) is 2.11. The summed E-state index contributed by atoms with van der Waals surface area (Å²) in [5, 5.41) is 0. The van der Waals surface area contributed by atoms with Crippen molar-refractivity contribution in [3.05, 3.63) is 22.7 Å². The van der Waals surface area contributed by atoms with Gasteiger partial charge in [-0.1, -0.05) is 15.9 Å². The third-order valence-corrected chi connectivity index (χ3v) is 3.95. The van der Waals surface area contributed by atoms with E-state index in [4.69, 9.17) is 10.5 Å². The number of halogens is 1. The Morgan fingerprint density at radius 2 is 2.00 bits per heavy atom. The molecule has 0 atom stereocenters. The summed E-state index contributed by atoms with van der Waals surface area (Å²) in [4.78, 5) is 0.137. The molecule has 0 saturated carbocycles. The third kappa shape index (κ3) is 4.56. The van der Waals surface area contributed by atoms with Gasteiger partial charge in [-0.2, -0.15) is 0 Å². The molecule has 0 aromatic heterocycles. The number of nitrogens with one attached hydrogen (secondary N) is 1. The van der Waals surface area contributed by atoms with Crippen molar-refractivity contribution in [3.8, 4) is 5.75 Å². The second-order valence-electron chi connectivity index (χ2n) is 4.64. The van der Waals surface area contributed by atoms with Crippen molar-refractivity contribution in [1.82, 2.24) is 4.72 Å². The Labute approximate surface area is 116 Å². The van der Waals surface area contributed by atoms with Gasteiger partial charge in [0.1, 0.15) is 5.75 Å². The Morgan fingerprint density at radius 3 is 2.50 bits per heavy atom. The van der Waals surface area contributed by atoms with Crippen LogP contribution in [0.3, 0.4) is 0 Å². The van der Waals surface area contributed by atoms with E-state index in [1.54, 1.807) is 19.9 Å². The predicted molar refractivity (Wildman–Crippen MR) is 74.1 cm³/mol. The zero-order valence-electron chi connectivity index (χ0n) is 10.5. The first-order valence-electron chi connectivity index (χ1n) is 5.27. The van der Waals surface area contributed by atoms with Gasteiger partial charge in [-0.25, -0.2) is 13.1 Å². The van der Waals surface area contributed by atoms with E-state index in [1.807, 2.05) is 0 Å². The van der Waals surface area contributed by atoms with E-state index in [-0.39, 0.29) is 11.4 Å². The van der Waals surface area contributed by atoms with E-state index in [1.165, 1.54) is 19.2 Å². The van der Waals surface area contributed by atoms with Crippen molar-refractivity contribution in [2.24, 2.45) is 5.73 Å². The lowest BCUT2D eigenvalue weighted by Crippen LogP contribution is -2.45. The molecule has 102 valence electrons. The van der Waals surface area contributed by atoms with Crippen LogP contribution < -0.4 is 15.2 Å². The van der Waals surface area contributed by atoms with Crippen LogP contribution >= 0.6 is 15.9 Å². The SMILES string of the molecule is COc1cc(Br)cc(S(=O)(=O)NCC(C)(C)N)c1. The van der Waals surface area contributed by atoms with Crippen molar-refractivity contribution >= 4 is 26.0 Å². The maximum atomic E-state index is 12.1. The molecular weight excluding hydrogens is 320 g/mol. The van der Waals surface area contributed by atoms with Crippen LogP contribution in [0, 0.1) is 0 Å². The maximum absolute atomic E-state index is 12.1. The number of rotatable bonds is 5. The molecule has 0 radical (unpaired) electrons. The van der Waals surface area contributed by atoms with E-state index in [2.05, 4.69) is 20.7 Å². The summed E-state index contributed by atoms with van der Waals surface area (Å²) >= 11 is 3.24. The lowest BCUT2D eigenvalue weighted by atomic mass is 10.1. The van der Waals surface area contributed by atoms with Gasteiger partial charge in [0.25, 0.3) is 0 Å². The van der Waals surface area contributed by atoms with Crippen LogP contribution in [0.2, 0.25) is 0 Å². The van der Waals surface area contributed by atoms with Crippen LogP contribution in [0.15, 0.2) is 27.6 Å². The van der Waals surface area contributed by atoms with E-state index < -0.39 is 15.6 Å². The van der Waals surface area contributed by atoms with Crippen LogP contribution in [-0.2, 0) is 10.0 Å². The van der Waals surface area contributed by atoms with Gasteiger partial charge in [-0.15, -0.1) is 0 Å². The van der Waals surface area contributed by atoms with Crippen molar-refractivity contribution in [2.75, 3.05) is 13.7 Å². The molecule has 0 bridgehead atoms. The maximum Gasteiger partial charge on any atom is 0.240 e. The fourth-order valence-corrected chi connectivity index (χ4v) is 3.08. The zero-order chi connectivity index (χ0) is 14.0. The van der Waals surface area contributed by atoms with E-state index >= 15 is 0 Å². The molecule has 3 N–H and O–H groups in total. The number of methoxy groups -OCH3 is 1. The molecule has 1 aromatic rings. The predicted octanol–water partition coefficient (Wildman–Crippen LogP) is 1.47. The normalized spacial score (nSPS) is 12.5. The van der Waals surface area contributed by atoms with Gasteiger partial charge in [-0.05, 0) is 26.0 Å². The van der Waals surface area contributed by atoms with Crippen LogP contribution in [0.5, 0.6) is 5.75 Å². The summed E-state index contributed by atoms with van der Waals surface area (Å²) in [6.07, 6.45) is 0. The zero-order valence-corrected chi connectivity index (χ0v) is 12.9. The van der Waals surface area contributed by atoms with Gasteiger partial charge in [0, 0.05) is 22.6 Å². The minimum atomic E-state index is -3.59. The van der Waals surface area contributed by atoms with Gasteiger partial charge >= 0.3 is 0 Å². The highest BCUT2D eigenvalue weighted by Crippen LogP contribution is 2.24. The molecule has 1 rings (SSSR count). The highest BCUT2D eigenvalue weighted by molar-refractivity contribution is 9.10. The Bertz CT molecular complexity index is 524. The van der Waals surface area contributed by atoms with Gasteiger partial charge < -0.3 is 10.5 Å². The molecule has 0 fully saturated rings. The number of sulfonamides is 1. The van der Waals surface area contributed by atoms with Gasteiger partial charge in [0.05, 0.1) is 12.0 Å². The van der Waals surface area contributed by atoms with Gasteiger partial charge in [-0.3, -0.25) is 0 Å². The van der Waals surface area contributed by atoms with Crippen LogP contribution in [0.1, 0.15) is 13.8 Å². The van der Waals surface area contributed by atoms with Crippen molar-refractivity contribution in [3.63, 3.8) is 0 Å². The number of nitrogens with two attached hydrogens (primary N) is 1. The molecule has 0 amide bonds. The molecule has 0 spiro atoms. The average Bonchev–Trinajstić information content (AvgIpc) is 2.25. The number of benzene rings is 1. The second-order valence-corrected chi connectivity index (χ2v) is 7.32. The lowest BCUT2D eigenvalue weighted by Gasteiger charge is -2.19.